The first-order valence-electron chi connectivity index (χ1n) is 4.05. The monoisotopic (exact) mass is 202 g/mol. The van der Waals surface area contributed by atoms with E-state index in [9.17, 15) is 0 Å². The molecule has 0 bridgehead atoms. The molecule has 0 fully saturated rings. The van der Waals surface area contributed by atoms with E-state index in [2.05, 4.69) is 5.32 Å². The van der Waals surface area contributed by atoms with Crippen LogP contribution in [0.1, 0.15) is 4.88 Å². The minimum atomic E-state index is -0.693. The lowest BCUT2D eigenvalue weighted by molar-refractivity contribution is 0.0943. The first-order chi connectivity index (χ1) is 6.24. The van der Waals surface area contributed by atoms with Crippen LogP contribution in [0.25, 0.3) is 0 Å². The highest BCUT2D eigenvalue weighted by Crippen LogP contribution is 2.17. The number of nitrogens with one attached hydrogen (secondary N) is 1. The summed E-state index contributed by atoms with van der Waals surface area (Å²) in [5.74, 6) is 0. The maximum absolute atomic E-state index is 9.02. The van der Waals surface area contributed by atoms with Gasteiger partial charge < -0.3 is 21.3 Å². The molecule has 0 aliphatic carbocycles. The van der Waals surface area contributed by atoms with Gasteiger partial charge in [0.1, 0.15) is 0 Å². The summed E-state index contributed by atoms with van der Waals surface area (Å²) in [5.41, 5.74) is 6.42. The Bertz CT molecular complexity index is 252. The zero-order valence-electron chi connectivity index (χ0n) is 7.23. The molecule has 1 aromatic heterocycles. The molecule has 4 nitrogen and oxygen atoms in total. The Kier molecular flexibility index (Phi) is 4.17. The summed E-state index contributed by atoms with van der Waals surface area (Å²) in [7, 11) is 0. The number of aliphatic hydroxyl groups is 2. The second-order valence-corrected chi connectivity index (χ2v) is 3.77. The lowest BCUT2D eigenvalue weighted by Gasteiger charge is -2.07. The average Bonchev–Trinajstić information content (AvgIpc) is 2.52. The molecule has 0 radical (unpaired) electrons. The number of thiophene rings is 1. The molecule has 5 heteroatoms. The van der Waals surface area contributed by atoms with E-state index in [1.165, 1.54) is 0 Å². The van der Waals surface area contributed by atoms with Gasteiger partial charge in [-0.3, -0.25) is 0 Å². The van der Waals surface area contributed by atoms with Crippen molar-refractivity contribution in [3.8, 4) is 0 Å². The van der Waals surface area contributed by atoms with Crippen molar-refractivity contribution in [2.45, 2.75) is 12.6 Å². The van der Waals surface area contributed by atoms with E-state index in [4.69, 9.17) is 15.9 Å². The van der Waals surface area contributed by atoms with E-state index in [0.29, 0.717) is 13.1 Å². The third kappa shape index (κ3) is 3.31. The van der Waals surface area contributed by atoms with Gasteiger partial charge in [0.05, 0.1) is 12.7 Å². The molecule has 1 aromatic rings. The van der Waals surface area contributed by atoms with Crippen LogP contribution in [0.3, 0.4) is 0 Å². The first-order valence-corrected chi connectivity index (χ1v) is 4.93. The molecule has 0 aromatic carbocycles. The highest BCUT2D eigenvalue weighted by molar-refractivity contribution is 7.10. The molecule has 0 saturated heterocycles. The summed E-state index contributed by atoms with van der Waals surface area (Å²) in [6.45, 7) is 0.807. The molecule has 74 valence electrons. The third-order valence-corrected chi connectivity index (χ3v) is 2.59. The van der Waals surface area contributed by atoms with Gasteiger partial charge in [-0.05, 0) is 11.4 Å². The Morgan fingerprint density at radius 1 is 1.62 bits per heavy atom. The number of rotatable bonds is 5. The standard InChI is InChI=1S/C8H14N2O2S/c9-7-1-2-13-8(7)4-10-3-6(12)5-11/h1-2,6,10-12H,3-5,9H2. The number of nitrogen functional groups attached to an aromatic ring is 1. The van der Waals surface area contributed by atoms with Gasteiger partial charge in [-0.2, -0.15) is 0 Å². The predicted octanol–water partition coefficient (Wildman–Crippen LogP) is -0.227. The largest absolute Gasteiger partial charge is 0.398 e. The maximum atomic E-state index is 9.02. The van der Waals surface area contributed by atoms with E-state index in [1.807, 2.05) is 11.4 Å². The van der Waals surface area contributed by atoms with Crippen LogP contribution < -0.4 is 11.1 Å². The van der Waals surface area contributed by atoms with Crippen LogP contribution in [-0.4, -0.2) is 29.5 Å². The topological polar surface area (TPSA) is 78.5 Å². The lowest BCUT2D eigenvalue weighted by Crippen LogP contribution is -2.28. The number of nitrogens with two attached hydrogens (primary N) is 1. The van der Waals surface area contributed by atoms with Crippen molar-refractivity contribution in [1.29, 1.82) is 0 Å². The Balaban J connectivity index is 2.24. The van der Waals surface area contributed by atoms with Crippen molar-refractivity contribution in [3.63, 3.8) is 0 Å². The summed E-state index contributed by atoms with van der Waals surface area (Å²) in [4.78, 5) is 1.06. The fourth-order valence-electron chi connectivity index (χ4n) is 0.911. The first kappa shape index (κ1) is 10.5. The van der Waals surface area contributed by atoms with E-state index in [-0.39, 0.29) is 6.61 Å². The second kappa shape index (κ2) is 5.18. The van der Waals surface area contributed by atoms with Crippen molar-refractivity contribution in [2.75, 3.05) is 18.9 Å². The molecular formula is C8H14N2O2S. The van der Waals surface area contributed by atoms with Crippen LogP contribution in [-0.2, 0) is 6.54 Å². The fourth-order valence-corrected chi connectivity index (χ4v) is 1.68. The van der Waals surface area contributed by atoms with Gasteiger partial charge in [-0.15, -0.1) is 11.3 Å². The highest BCUT2D eigenvalue weighted by atomic mass is 32.1. The smallest absolute Gasteiger partial charge is 0.0895 e. The quantitative estimate of drug-likeness (QED) is 0.532. The van der Waals surface area contributed by atoms with Crippen molar-refractivity contribution < 1.29 is 10.2 Å². The van der Waals surface area contributed by atoms with Crippen LogP contribution >= 0.6 is 11.3 Å². The minimum Gasteiger partial charge on any atom is -0.398 e. The molecule has 1 heterocycles. The zero-order valence-corrected chi connectivity index (χ0v) is 8.05. The number of aliphatic hydroxyl groups excluding tert-OH is 2. The molecule has 0 amide bonds. The number of anilines is 1. The Morgan fingerprint density at radius 3 is 2.92 bits per heavy atom. The van der Waals surface area contributed by atoms with E-state index < -0.39 is 6.10 Å². The van der Waals surface area contributed by atoms with E-state index >= 15 is 0 Å². The summed E-state index contributed by atoms with van der Waals surface area (Å²) >= 11 is 1.58. The van der Waals surface area contributed by atoms with Crippen LogP contribution in [0.2, 0.25) is 0 Å². The molecular weight excluding hydrogens is 188 g/mol. The van der Waals surface area contributed by atoms with Gasteiger partial charge >= 0.3 is 0 Å². The molecule has 0 spiro atoms. The van der Waals surface area contributed by atoms with Crippen LogP contribution in [0, 0.1) is 0 Å². The summed E-state index contributed by atoms with van der Waals surface area (Å²) < 4.78 is 0. The van der Waals surface area contributed by atoms with Gasteiger partial charge in [-0.25, -0.2) is 0 Å². The van der Waals surface area contributed by atoms with Gasteiger partial charge in [0.2, 0.25) is 0 Å². The van der Waals surface area contributed by atoms with Crippen molar-refractivity contribution in [3.05, 3.63) is 16.3 Å². The number of hydrogen-bond acceptors (Lipinski definition) is 5. The Hall–Kier alpha value is -0.620. The van der Waals surface area contributed by atoms with E-state index in [0.717, 1.165) is 10.6 Å². The molecule has 0 saturated carbocycles. The van der Waals surface area contributed by atoms with Gasteiger partial charge in [-0.1, -0.05) is 0 Å². The third-order valence-electron chi connectivity index (χ3n) is 1.66. The number of hydrogen-bond donors (Lipinski definition) is 4. The average molecular weight is 202 g/mol. The fraction of sp³-hybridized carbons (Fsp3) is 0.500. The lowest BCUT2D eigenvalue weighted by atomic mass is 10.3. The SMILES string of the molecule is Nc1ccsc1CNCC(O)CO. The molecule has 1 unspecified atom stereocenters. The summed E-state index contributed by atoms with van der Waals surface area (Å²) in [6.07, 6.45) is -0.693. The molecule has 5 N–H and O–H groups in total. The van der Waals surface area contributed by atoms with Crippen molar-refractivity contribution in [1.82, 2.24) is 5.32 Å². The summed E-state index contributed by atoms with van der Waals surface area (Å²) in [5, 5.41) is 22.5. The van der Waals surface area contributed by atoms with Crippen LogP contribution in [0.5, 0.6) is 0 Å². The normalized spacial score (nSPS) is 13.1. The van der Waals surface area contributed by atoms with Gasteiger partial charge in [0.15, 0.2) is 0 Å². The highest BCUT2D eigenvalue weighted by Gasteiger charge is 2.03. The molecule has 0 aliphatic rings. The second-order valence-electron chi connectivity index (χ2n) is 2.77. The maximum Gasteiger partial charge on any atom is 0.0895 e. The zero-order chi connectivity index (χ0) is 9.68. The van der Waals surface area contributed by atoms with Gasteiger partial charge in [0, 0.05) is 23.7 Å². The Morgan fingerprint density at radius 2 is 2.38 bits per heavy atom. The van der Waals surface area contributed by atoms with Crippen molar-refractivity contribution >= 4 is 17.0 Å². The molecule has 1 rings (SSSR count). The molecule has 0 aliphatic heterocycles. The predicted molar refractivity (Wildman–Crippen MR) is 53.5 cm³/mol. The minimum absolute atomic E-state index is 0.215. The van der Waals surface area contributed by atoms with Crippen molar-refractivity contribution in [2.24, 2.45) is 0 Å². The molecule has 13 heavy (non-hydrogen) atoms. The summed E-state index contributed by atoms with van der Waals surface area (Å²) in [6, 6.07) is 1.85. The van der Waals surface area contributed by atoms with Gasteiger partial charge in [0.25, 0.3) is 0 Å². The van der Waals surface area contributed by atoms with Crippen LogP contribution in [0.4, 0.5) is 5.69 Å². The van der Waals surface area contributed by atoms with E-state index in [1.54, 1.807) is 11.3 Å². The molecule has 1 atom stereocenters. The Labute approximate surface area is 81.0 Å². The van der Waals surface area contributed by atoms with Crippen LogP contribution in [0.15, 0.2) is 11.4 Å².